The van der Waals surface area contributed by atoms with E-state index in [-0.39, 0.29) is 0 Å². The van der Waals surface area contributed by atoms with Crippen molar-refractivity contribution in [3.63, 3.8) is 0 Å². The van der Waals surface area contributed by atoms with E-state index >= 15 is 0 Å². The molecule has 0 fully saturated rings. The van der Waals surface area contributed by atoms with E-state index in [1.54, 1.807) is 6.26 Å². The standard InChI is InChI=1S/C20H27NO2/c1-21-14-16(8-10-19-7-4-12-22-19)15-23-20-11-9-17-5-2-3-6-18(17)13-20/h4,7,9,11-13,16,21H,2-3,5-6,8,10,14-15H2,1H3. The quantitative estimate of drug-likeness (QED) is 0.800. The van der Waals surface area contributed by atoms with Crippen LogP contribution in [0.25, 0.3) is 0 Å². The van der Waals surface area contributed by atoms with Gasteiger partial charge in [-0.1, -0.05) is 6.07 Å². The zero-order chi connectivity index (χ0) is 15.9. The number of nitrogens with one attached hydrogen (secondary N) is 1. The number of rotatable bonds is 8. The van der Waals surface area contributed by atoms with Crippen LogP contribution in [-0.4, -0.2) is 20.2 Å². The number of aryl methyl sites for hydroxylation is 3. The zero-order valence-corrected chi connectivity index (χ0v) is 14.0. The third-order valence-corrected chi connectivity index (χ3v) is 4.68. The molecule has 0 amide bonds. The number of fused-ring (bicyclic) bond motifs is 1. The van der Waals surface area contributed by atoms with Crippen LogP contribution >= 0.6 is 0 Å². The SMILES string of the molecule is CNCC(CCc1ccco1)COc1ccc2c(c1)CCCC2. The summed E-state index contributed by atoms with van der Waals surface area (Å²) in [6.07, 6.45) is 8.83. The summed E-state index contributed by atoms with van der Waals surface area (Å²) in [5.74, 6) is 2.56. The Kier molecular flexibility index (Phi) is 5.76. The van der Waals surface area contributed by atoms with Gasteiger partial charge in [0.1, 0.15) is 11.5 Å². The molecule has 1 heterocycles. The van der Waals surface area contributed by atoms with Gasteiger partial charge in [0.15, 0.2) is 0 Å². The van der Waals surface area contributed by atoms with Crippen LogP contribution in [0.15, 0.2) is 41.0 Å². The third kappa shape index (κ3) is 4.61. The summed E-state index contributed by atoms with van der Waals surface area (Å²) in [6, 6.07) is 10.6. The summed E-state index contributed by atoms with van der Waals surface area (Å²) < 4.78 is 11.5. The maximum absolute atomic E-state index is 6.09. The van der Waals surface area contributed by atoms with Gasteiger partial charge in [0.05, 0.1) is 12.9 Å². The van der Waals surface area contributed by atoms with E-state index in [0.29, 0.717) is 5.92 Å². The molecule has 3 rings (SSSR count). The second-order valence-corrected chi connectivity index (χ2v) is 6.49. The Hall–Kier alpha value is -1.74. The molecule has 0 saturated carbocycles. The molecule has 23 heavy (non-hydrogen) atoms. The topological polar surface area (TPSA) is 34.4 Å². The minimum absolute atomic E-state index is 0.487. The van der Waals surface area contributed by atoms with Crippen molar-refractivity contribution in [2.24, 2.45) is 5.92 Å². The molecule has 0 bridgehead atoms. The summed E-state index contributed by atoms with van der Waals surface area (Å²) in [4.78, 5) is 0. The Labute approximate surface area is 139 Å². The van der Waals surface area contributed by atoms with E-state index in [2.05, 4.69) is 23.5 Å². The van der Waals surface area contributed by atoms with Gasteiger partial charge in [-0.2, -0.15) is 0 Å². The summed E-state index contributed by atoms with van der Waals surface area (Å²) in [5.41, 5.74) is 2.99. The number of hydrogen-bond acceptors (Lipinski definition) is 3. The molecule has 0 saturated heterocycles. The maximum atomic E-state index is 6.09. The first-order valence-electron chi connectivity index (χ1n) is 8.76. The second-order valence-electron chi connectivity index (χ2n) is 6.49. The average Bonchev–Trinajstić information content (AvgIpc) is 3.11. The van der Waals surface area contributed by atoms with Gasteiger partial charge < -0.3 is 14.5 Å². The maximum Gasteiger partial charge on any atom is 0.119 e. The summed E-state index contributed by atoms with van der Waals surface area (Å²) in [6.45, 7) is 1.71. The van der Waals surface area contributed by atoms with Gasteiger partial charge in [0.2, 0.25) is 0 Å². The fourth-order valence-corrected chi connectivity index (χ4v) is 3.35. The van der Waals surface area contributed by atoms with Crippen molar-refractivity contribution < 1.29 is 9.15 Å². The molecule has 1 atom stereocenters. The molecule has 1 aromatic heterocycles. The van der Waals surface area contributed by atoms with Crippen LogP contribution in [0.4, 0.5) is 0 Å². The molecule has 3 heteroatoms. The van der Waals surface area contributed by atoms with Crippen LogP contribution in [0.5, 0.6) is 5.75 Å². The van der Waals surface area contributed by atoms with Crippen LogP contribution in [0.3, 0.4) is 0 Å². The molecule has 0 radical (unpaired) electrons. The first-order chi connectivity index (χ1) is 11.3. The third-order valence-electron chi connectivity index (χ3n) is 4.68. The predicted octanol–water partition coefficient (Wildman–Crippen LogP) is 4.01. The van der Waals surface area contributed by atoms with Crippen LogP contribution < -0.4 is 10.1 Å². The van der Waals surface area contributed by atoms with Gasteiger partial charge in [0, 0.05) is 18.9 Å². The molecule has 1 N–H and O–H groups in total. The number of ether oxygens (including phenoxy) is 1. The zero-order valence-electron chi connectivity index (χ0n) is 14.0. The molecule has 0 spiro atoms. The van der Waals surface area contributed by atoms with E-state index in [9.17, 15) is 0 Å². The van der Waals surface area contributed by atoms with Crippen LogP contribution in [0.2, 0.25) is 0 Å². The van der Waals surface area contributed by atoms with Crippen molar-refractivity contribution >= 4 is 0 Å². The highest BCUT2D eigenvalue weighted by Crippen LogP contribution is 2.25. The number of benzene rings is 1. The van der Waals surface area contributed by atoms with Crippen molar-refractivity contribution in [2.75, 3.05) is 20.2 Å². The molecule has 124 valence electrons. The van der Waals surface area contributed by atoms with Crippen LogP contribution in [0, 0.1) is 5.92 Å². The van der Waals surface area contributed by atoms with Crippen molar-refractivity contribution in [2.45, 2.75) is 38.5 Å². The predicted molar refractivity (Wildman–Crippen MR) is 93.0 cm³/mol. The fourth-order valence-electron chi connectivity index (χ4n) is 3.35. The monoisotopic (exact) mass is 313 g/mol. The minimum atomic E-state index is 0.487. The lowest BCUT2D eigenvalue weighted by Gasteiger charge is -2.19. The van der Waals surface area contributed by atoms with Crippen LogP contribution in [0.1, 0.15) is 36.1 Å². The molecule has 1 aliphatic carbocycles. The summed E-state index contributed by atoms with van der Waals surface area (Å²) in [5, 5.41) is 3.27. The smallest absolute Gasteiger partial charge is 0.119 e. The lowest BCUT2D eigenvalue weighted by Crippen LogP contribution is -2.25. The van der Waals surface area contributed by atoms with Crippen LogP contribution in [-0.2, 0) is 19.3 Å². The number of furan rings is 1. The van der Waals surface area contributed by atoms with Gasteiger partial charge in [-0.15, -0.1) is 0 Å². The lowest BCUT2D eigenvalue weighted by atomic mass is 9.92. The van der Waals surface area contributed by atoms with E-state index in [0.717, 1.165) is 37.5 Å². The molecule has 3 nitrogen and oxygen atoms in total. The van der Waals surface area contributed by atoms with Crippen molar-refractivity contribution in [1.82, 2.24) is 5.32 Å². The summed E-state index contributed by atoms with van der Waals surface area (Å²) >= 11 is 0. The van der Waals surface area contributed by atoms with Gasteiger partial charge in [-0.05, 0) is 74.5 Å². The van der Waals surface area contributed by atoms with Crippen molar-refractivity contribution in [3.05, 3.63) is 53.5 Å². The van der Waals surface area contributed by atoms with Gasteiger partial charge in [-0.25, -0.2) is 0 Å². The highest BCUT2D eigenvalue weighted by molar-refractivity contribution is 5.37. The largest absolute Gasteiger partial charge is 0.493 e. The fraction of sp³-hybridized carbons (Fsp3) is 0.500. The molecule has 2 aromatic rings. The van der Waals surface area contributed by atoms with Gasteiger partial charge in [-0.3, -0.25) is 0 Å². The molecule has 1 aliphatic rings. The van der Waals surface area contributed by atoms with Crippen molar-refractivity contribution in [3.8, 4) is 5.75 Å². The molecular weight excluding hydrogens is 286 g/mol. The average molecular weight is 313 g/mol. The van der Waals surface area contributed by atoms with E-state index < -0.39 is 0 Å². The first-order valence-corrected chi connectivity index (χ1v) is 8.76. The Morgan fingerprint density at radius 3 is 2.83 bits per heavy atom. The van der Waals surface area contributed by atoms with E-state index in [4.69, 9.17) is 9.15 Å². The van der Waals surface area contributed by atoms with Gasteiger partial charge >= 0.3 is 0 Å². The normalized spacial score (nSPS) is 15.2. The molecular formula is C20H27NO2. The van der Waals surface area contributed by atoms with E-state index in [1.807, 2.05) is 19.2 Å². The lowest BCUT2D eigenvalue weighted by molar-refractivity contribution is 0.235. The molecule has 1 unspecified atom stereocenters. The Morgan fingerprint density at radius 2 is 2.04 bits per heavy atom. The Balaban J connectivity index is 1.53. The minimum Gasteiger partial charge on any atom is -0.493 e. The second kappa shape index (κ2) is 8.21. The number of hydrogen-bond donors (Lipinski definition) is 1. The Morgan fingerprint density at radius 1 is 1.17 bits per heavy atom. The van der Waals surface area contributed by atoms with E-state index in [1.165, 1.54) is 36.8 Å². The summed E-state index contributed by atoms with van der Waals surface area (Å²) in [7, 11) is 2.00. The van der Waals surface area contributed by atoms with Gasteiger partial charge in [0.25, 0.3) is 0 Å². The first kappa shape index (κ1) is 16.1. The highest BCUT2D eigenvalue weighted by atomic mass is 16.5. The van der Waals surface area contributed by atoms with Crippen molar-refractivity contribution in [1.29, 1.82) is 0 Å². The highest BCUT2D eigenvalue weighted by Gasteiger charge is 2.13. The Bertz CT molecular complexity index is 592. The molecule has 0 aliphatic heterocycles. The molecule has 1 aromatic carbocycles.